The summed E-state index contributed by atoms with van der Waals surface area (Å²) in [7, 11) is 0. The van der Waals surface area contributed by atoms with Gasteiger partial charge in [0.25, 0.3) is 5.91 Å². The van der Waals surface area contributed by atoms with E-state index in [9.17, 15) is 14.7 Å². The van der Waals surface area contributed by atoms with Gasteiger partial charge in [0.2, 0.25) is 0 Å². The molecule has 0 bridgehead atoms. The van der Waals surface area contributed by atoms with Crippen LogP contribution in [0.1, 0.15) is 30.1 Å². The first-order valence-corrected chi connectivity index (χ1v) is 5.24. The molecule has 0 atom stereocenters. The molecule has 0 aromatic heterocycles. The number of phenols is 1. The van der Waals surface area contributed by atoms with Gasteiger partial charge in [-0.3, -0.25) is 4.79 Å². The molecular formula is C11H13ClNNaO4. The van der Waals surface area contributed by atoms with Crippen molar-refractivity contribution in [2.45, 2.75) is 19.8 Å². The van der Waals surface area contributed by atoms with Gasteiger partial charge in [-0.2, -0.15) is 0 Å². The van der Waals surface area contributed by atoms with Crippen LogP contribution in [0.15, 0.2) is 18.2 Å². The first-order valence-electron chi connectivity index (χ1n) is 4.86. The van der Waals surface area contributed by atoms with E-state index in [1.54, 1.807) is 6.92 Å². The summed E-state index contributed by atoms with van der Waals surface area (Å²) in [6.45, 7) is 1.80. The smallest absolute Gasteiger partial charge is 0.550 e. The Bertz CT molecular complexity index is 412. The quantitative estimate of drug-likeness (QED) is 0.607. The van der Waals surface area contributed by atoms with E-state index in [0.29, 0.717) is 11.4 Å². The average Bonchev–Trinajstić information content (AvgIpc) is 2.17. The molecule has 0 unspecified atom stereocenters. The van der Waals surface area contributed by atoms with E-state index in [4.69, 9.17) is 22.4 Å². The van der Waals surface area contributed by atoms with Crippen molar-refractivity contribution in [1.82, 2.24) is 0 Å². The van der Waals surface area contributed by atoms with Crippen molar-refractivity contribution in [3.8, 4) is 5.75 Å². The normalized spacial score (nSPS) is 8.56. The molecule has 0 radical (unpaired) electrons. The van der Waals surface area contributed by atoms with Gasteiger partial charge in [-0.1, -0.05) is 24.9 Å². The second-order valence-electron chi connectivity index (χ2n) is 3.15. The fourth-order valence-corrected chi connectivity index (χ4v) is 1.08. The first kappa shape index (κ1) is 19.6. The summed E-state index contributed by atoms with van der Waals surface area (Å²) >= 11 is 5.51. The van der Waals surface area contributed by atoms with Gasteiger partial charge in [0, 0.05) is 11.0 Å². The molecule has 0 heterocycles. The van der Waals surface area contributed by atoms with Crippen LogP contribution >= 0.6 is 11.6 Å². The molecule has 3 N–H and O–H groups in total. The number of carboxylic acids is 1. The third-order valence-electron chi connectivity index (χ3n) is 1.68. The zero-order valence-corrected chi connectivity index (χ0v) is 13.0. The van der Waals surface area contributed by atoms with E-state index in [-0.39, 0.29) is 47.3 Å². The number of halogens is 1. The van der Waals surface area contributed by atoms with Crippen LogP contribution < -0.4 is 40.4 Å². The Kier molecular flexibility index (Phi) is 11.1. The number of nitrogens with two attached hydrogens (primary N) is 1. The van der Waals surface area contributed by atoms with E-state index in [1.165, 1.54) is 18.2 Å². The molecule has 94 valence electrons. The van der Waals surface area contributed by atoms with Gasteiger partial charge in [0.15, 0.2) is 0 Å². The Morgan fingerprint density at radius 3 is 2.28 bits per heavy atom. The summed E-state index contributed by atoms with van der Waals surface area (Å²) in [5.41, 5.74) is 5.00. The Labute approximate surface area is 132 Å². The molecule has 18 heavy (non-hydrogen) atoms. The third-order valence-corrected chi connectivity index (χ3v) is 1.91. The van der Waals surface area contributed by atoms with Crippen LogP contribution in [0.25, 0.3) is 0 Å². The van der Waals surface area contributed by atoms with Crippen LogP contribution in [0.4, 0.5) is 0 Å². The van der Waals surface area contributed by atoms with Crippen LogP contribution in [-0.4, -0.2) is 17.0 Å². The number of carboxylic acid groups (broad SMARTS) is 1. The zero-order chi connectivity index (χ0) is 13.4. The molecule has 0 aliphatic heterocycles. The van der Waals surface area contributed by atoms with Crippen LogP contribution in [0.2, 0.25) is 5.02 Å². The van der Waals surface area contributed by atoms with Gasteiger partial charge >= 0.3 is 29.6 Å². The molecule has 1 amide bonds. The number of aromatic hydroxyl groups is 1. The van der Waals surface area contributed by atoms with Crippen molar-refractivity contribution in [2.24, 2.45) is 5.73 Å². The summed E-state index contributed by atoms with van der Waals surface area (Å²) in [5, 5.41) is 18.9. The molecule has 0 spiro atoms. The Hall–Kier alpha value is -0.750. The molecule has 1 aromatic rings. The molecule has 0 aliphatic carbocycles. The van der Waals surface area contributed by atoms with Gasteiger partial charge in [0.1, 0.15) is 5.75 Å². The Morgan fingerprint density at radius 2 is 2.00 bits per heavy atom. The number of hydrogen-bond donors (Lipinski definition) is 2. The number of primary amides is 1. The third kappa shape index (κ3) is 8.36. The number of aliphatic carboxylic acids is 1. The van der Waals surface area contributed by atoms with Crippen molar-refractivity contribution < 1.29 is 49.4 Å². The molecule has 0 fully saturated rings. The summed E-state index contributed by atoms with van der Waals surface area (Å²) < 4.78 is 0. The molecule has 5 nitrogen and oxygen atoms in total. The van der Waals surface area contributed by atoms with Crippen LogP contribution in [-0.2, 0) is 4.79 Å². The maximum absolute atomic E-state index is 10.6. The average molecular weight is 282 g/mol. The molecule has 0 saturated heterocycles. The largest absolute Gasteiger partial charge is 1.00 e. The predicted octanol–water partition coefficient (Wildman–Crippen LogP) is -2.32. The van der Waals surface area contributed by atoms with Crippen molar-refractivity contribution >= 4 is 23.5 Å². The number of hydrogen-bond acceptors (Lipinski definition) is 4. The molecular weight excluding hydrogens is 269 g/mol. The maximum atomic E-state index is 10.6. The Balaban J connectivity index is 0. The van der Waals surface area contributed by atoms with Gasteiger partial charge < -0.3 is 20.7 Å². The fourth-order valence-electron chi connectivity index (χ4n) is 0.917. The van der Waals surface area contributed by atoms with Crippen LogP contribution in [0.3, 0.4) is 0 Å². The van der Waals surface area contributed by atoms with Crippen molar-refractivity contribution in [3.05, 3.63) is 28.8 Å². The van der Waals surface area contributed by atoms with E-state index < -0.39 is 11.9 Å². The van der Waals surface area contributed by atoms with E-state index in [1.807, 2.05) is 0 Å². The first-order chi connectivity index (χ1) is 7.88. The summed E-state index contributed by atoms with van der Waals surface area (Å²) in [4.78, 5) is 20.0. The topological polar surface area (TPSA) is 103 Å². The SMILES string of the molecule is CCCC(=O)[O-].NC(=O)c1ccc(Cl)cc1O.[Na+]. The van der Waals surface area contributed by atoms with Crippen molar-refractivity contribution in [2.75, 3.05) is 0 Å². The van der Waals surface area contributed by atoms with Crippen LogP contribution in [0, 0.1) is 0 Å². The minimum absolute atomic E-state index is 0. The van der Waals surface area contributed by atoms with Crippen molar-refractivity contribution in [3.63, 3.8) is 0 Å². The van der Waals surface area contributed by atoms with Gasteiger partial charge in [-0.15, -0.1) is 0 Å². The Morgan fingerprint density at radius 1 is 1.44 bits per heavy atom. The maximum Gasteiger partial charge on any atom is 1.00 e. The van der Waals surface area contributed by atoms with Gasteiger partial charge in [-0.05, 0) is 24.6 Å². The number of amides is 1. The van der Waals surface area contributed by atoms with E-state index in [2.05, 4.69) is 0 Å². The van der Waals surface area contributed by atoms with E-state index in [0.717, 1.165) is 0 Å². The van der Waals surface area contributed by atoms with Crippen LogP contribution in [0.5, 0.6) is 5.75 Å². The van der Waals surface area contributed by atoms with Gasteiger partial charge in [0.05, 0.1) is 5.56 Å². The number of carbonyl (C=O) groups is 2. The van der Waals surface area contributed by atoms with Gasteiger partial charge in [-0.25, -0.2) is 0 Å². The molecule has 1 rings (SSSR count). The zero-order valence-electron chi connectivity index (χ0n) is 10.3. The van der Waals surface area contributed by atoms with E-state index >= 15 is 0 Å². The minimum atomic E-state index is -0.961. The molecule has 0 aliphatic rings. The predicted molar refractivity (Wildman–Crippen MR) is 61.5 cm³/mol. The second kappa shape index (κ2) is 10.2. The molecule has 7 heteroatoms. The second-order valence-corrected chi connectivity index (χ2v) is 3.58. The number of carbonyl (C=O) groups excluding carboxylic acids is 2. The number of rotatable bonds is 3. The molecule has 0 saturated carbocycles. The van der Waals surface area contributed by atoms with Crippen molar-refractivity contribution in [1.29, 1.82) is 0 Å². The minimum Gasteiger partial charge on any atom is -0.550 e. The summed E-state index contributed by atoms with van der Waals surface area (Å²) in [5.74, 6) is -1.82. The monoisotopic (exact) mass is 281 g/mol. The summed E-state index contributed by atoms with van der Waals surface area (Å²) in [6, 6.07) is 4.13. The number of benzene rings is 1. The standard InChI is InChI=1S/C7H6ClNO2.C4H8O2.Na/c8-4-1-2-5(7(9)11)6(10)3-4;1-2-3-4(5)6;/h1-3,10H,(H2,9,11);2-3H2,1H3,(H,5,6);/q;;+1/p-1. The summed E-state index contributed by atoms with van der Waals surface area (Å²) in [6.07, 6.45) is 0.850. The molecule has 1 aromatic carbocycles. The fraction of sp³-hybridized carbons (Fsp3) is 0.273.